The highest BCUT2D eigenvalue weighted by atomic mass is 79.9. The van der Waals surface area contributed by atoms with Crippen LogP contribution in [-0.2, 0) is 12.8 Å². The fraction of sp³-hybridized carbons (Fsp3) is 0.294. The highest BCUT2D eigenvalue weighted by molar-refractivity contribution is 9.10. The summed E-state index contributed by atoms with van der Waals surface area (Å²) in [6, 6.07) is 14.1. The average molecular weight is 366 g/mol. The highest BCUT2D eigenvalue weighted by Gasteiger charge is 2.29. The third-order valence-electron chi connectivity index (χ3n) is 3.96. The van der Waals surface area contributed by atoms with Crippen molar-refractivity contribution >= 4 is 27.7 Å². The molecule has 0 saturated carbocycles. The summed E-state index contributed by atoms with van der Waals surface area (Å²) >= 11 is 5.29. The number of fused-ring (bicyclic) bond motifs is 1. The zero-order chi connectivity index (χ0) is 14.8. The third-order valence-corrected chi connectivity index (χ3v) is 6.30. The molecule has 21 heavy (non-hydrogen) atoms. The molecule has 1 heterocycles. The average Bonchev–Trinajstić information content (AvgIpc) is 2.92. The fourth-order valence-corrected chi connectivity index (χ4v) is 4.67. The van der Waals surface area contributed by atoms with E-state index < -0.39 is 0 Å². The van der Waals surface area contributed by atoms with Crippen LogP contribution in [0.5, 0.6) is 0 Å². The lowest BCUT2D eigenvalue weighted by atomic mass is 9.99. The number of likely N-dealkylation sites (N-methyl/N-ethyl adjacent to an activating group) is 1. The van der Waals surface area contributed by atoms with Crippen molar-refractivity contribution in [2.45, 2.75) is 29.0 Å². The van der Waals surface area contributed by atoms with Crippen molar-refractivity contribution in [1.29, 1.82) is 0 Å². The standard InChI is InChI=1S/C17H17BrFNS/c1-20-14(9-12-6-4-7-13(19)17(12)18)16-10-11-5-2-3-8-15(11)21-16/h2-8,14,16,20H,9-10H2,1H3. The summed E-state index contributed by atoms with van der Waals surface area (Å²) in [5.41, 5.74) is 2.44. The molecule has 0 aromatic heterocycles. The minimum Gasteiger partial charge on any atom is -0.316 e. The van der Waals surface area contributed by atoms with Crippen LogP contribution in [0, 0.1) is 5.82 Å². The summed E-state index contributed by atoms with van der Waals surface area (Å²) in [5, 5.41) is 3.90. The molecule has 4 heteroatoms. The minimum atomic E-state index is -0.190. The van der Waals surface area contributed by atoms with Gasteiger partial charge < -0.3 is 5.32 Å². The van der Waals surface area contributed by atoms with Crippen molar-refractivity contribution in [1.82, 2.24) is 5.32 Å². The van der Waals surface area contributed by atoms with Crippen molar-refractivity contribution in [2.75, 3.05) is 7.05 Å². The van der Waals surface area contributed by atoms with Crippen LogP contribution >= 0.6 is 27.7 Å². The summed E-state index contributed by atoms with van der Waals surface area (Å²) in [7, 11) is 1.99. The molecule has 2 unspecified atom stereocenters. The second-order valence-corrected chi connectivity index (χ2v) is 7.35. The fourth-order valence-electron chi connectivity index (χ4n) is 2.80. The van der Waals surface area contributed by atoms with Gasteiger partial charge in [0.25, 0.3) is 0 Å². The van der Waals surface area contributed by atoms with E-state index in [0.29, 0.717) is 15.8 Å². The van der Waals surface area contributed by atoms with Crippen molar-refractivity contribution in [3.05, 3.63) is 63.9 Å². The van der Waals surface area contributed by atoms with Crippen LogP contribution in [-0.4, -0.2) is 18.3 Å². The molecule has 2 atom stereocenters. The van der Waals surface area contributed by atoms with Gasteiger partial charge in [-0.15, -0.1) is 11.8 Å². The molecule has 0 bridgehead atoms. The van der Waals surface area contributed by atoms with Crippen LogP contribution in [0.4, 0.5) is 4.39 Å². The Bertz CT molecular complexity index is 621. The molecule has 110 valence electrons. The van der Waals surface area contributed by atoms with E-state index in [4.69, 9.17) is 0 Å². The van der Waals surface area contributed by atoms with Crippen molar-refractivity contribution in [2.24, 2.45) is 0 Å². The zero-order valence-corrected chi connectivity index (χ0v) is 14.2. The molecular weight excluding hydrogens is 349 g/mol. The summed E-state index contributed by atoms with van der Waals surface area (Å²) in [5.74, 6) is -0.190. The predicted molar refractivity (Wildman–Crippen MR) is 90.4 cm³/mol. The van der Waals surface area contributed by atoms with E-state index >= 15 is 0 Å². The molecule has 2 aromatic carbocycles. The minimum absolute atomic E-state index is 0.190. The second-order valence-electron chi connectivity index (χ2n) is 5.28. The van der Waals surface area contributed by atoms with Gasteiger partial charge in [-0.1, -0.05) is 30.3 Å². The first-order valence-electron chi connectivity index (χ1n) is 7.03. The van der Waals surface area contributed by atoms with Crippen LogP contribution in [0.15, 0.2) is 51.8 Å². The van der Waals surface area contributed by atoms with Gasteiger partial charge in [0.1, 0.15) is 5.82 Å². The lowest BCUT2D eigenvalue weighted by Gasteiger charge is -2.23. The number of rotatable bonds is 4. The van der Waals surface area contributed by atoms with Crippen LogP contribution in [0.3, 0.4) is 0 Å². The zero-order valence-electron chi connectivity index (χ0n) is 11.8. The van der Waals surface area contributed by atoms with Crippen molar-refractivity contribution < 1.29 is 4.39 Å². The topological polar surface area (TPSA) is 12.0 Å². The molecule has 0 spiro atoms. The highest BCUT2D eigenvalue weighted by Crippen LogP contribution is 2.39. The molecule has 0 fully saturated rings. The van der Waals surface area contributed by atoms with E-state index in [1.165, 1.54) is 16.5 Å². The number of thioether (sulfide) groups is 1. The SMILES string of the molecule is CNC(Cc1cccc(F)c1Br)C1Cc2ccccc2S1. The van der Waals surface area contributed by atoms with Gasteiger partial charge in [0.15, 0.2) is 0 Å². The van der Waals surface area contributed by atoms with E-state index in [-0.39, 0.29) is 5.82 Å². The van der Waals surface area contributed by atoms with E-state index in [9.17, 15) is 4.39 Å². The number of halogens is 2. The Morgan fingerprint density at radius 3 is 2.86 bits per heavy atom. The molecule has 0 saturated heterocycles. The Morgan fingerprint density at radius 2 is 2.10 bits per heavy atom. The van der Waals surface area contributed by atoms with Crippen LogP contribution < -0.4 is 5.32 Å². The maximum Gasteiger partial charge on any atom is 0.137 e. The Morgan fingerprint density at radius 1 is 1.29 bits per heavy atom. The first kappa shape index (κ1) is 15.1. The summed E-state index contributed by atoms with van der Waals surface area (Å²) in [6.45, 7) is 0. The maximum atomic E-state index is 13.7. The van der Waals surface area contributed by atoms with Crippen LogP contribution in [0.1, 0.15) is 11.1 Å². The lowest BCUT2D eigenvalue weighted by molar-refractivity contribution is 0.533. The molecule has 1 N–H and O–H groups in total. The predicted octanol–water partition coefficient (Wildman–Crippen LogP) is 4.44. The Kier molecular flexibility index (Phi) is 4.67. The van der Waals surface area contributed by atoms with Crippen molar-refractivity contribution in [3.8, 4) is 0 Å². The van der Waals surface area contributed by atoms with E-state index in [1.54, 1.807) is 6.07 Å². The van der Waals surface area contributed by atoms with E-state index in [1.807, 2.05) is 24.9 Å². The van der Waals surface area contributed by atoms with E-state index in [0.717, 1.165) is 18.4 Å². The summed E-state index contributed by atoms with van der Waals surface area (Å²) < 4.78 is 14.2. The maximum absolute atomic E-state index is 13.7. The number of hydrogen-bond donors (Lipinski definition) is 1. The van der Waals surface area contributed by atoms with Gasteiger partial charge in [-0.2, -0.15) is 0 Å². The number of hydrogen-bond acceptors (Lipinski definition) is 2. The van der Waals surface area contributed by atoms with Crippen molar-refractivity contribution in [3.63, 3.8) is 0 Å². The quantitative estimate of drug-likeness (QED) is 0.859. The Balaban J connectivity index is 1.77. The lowest BCUT2D eigenvalue weighted by Crippen LogP contribution is -2.37. The van der Waals surface area contributed by atoms with Gasteiger partial charge in [-0.25, -0.2) is 4.39 Å². The van der Waals surface area contributed by atoms with E-state index in [2.05, 4.69) is 45.5 Å². The Labute approximate surface area is 137 Å². The molecule has 1 nitrogen and oxygen atoms in total. The molecule has 1 aliphatic rings. The molecule has 3 rings (SSSR count). The smallest absolute Gasteiger partial charge is 0.137 e. The first-order chi connectivity index (χ1) is 10.2. The second kappa shape index (κ2) is 6.51. The van der Waals surface area contributed by atoms with Gasteiger partial charge in [0.05, 0.1) is 4.47 Å². The third kappa shape index (κ3) is 3.17. The largest absolute Gasteiger partial charge is 0.316 e. The monoisotopic (exact) mass is 365 g/mol. The van der Waals surface area contributed by atoms with Gasteiger partial charge in [0.2, 0.25) is 0 Å². The van der Waals surface area contributed by atoms with Crippen LogP contribution in [0.25, 0.3) is 0 Å². The molecular formula is C17H17BrFNS. The Hall–Kier alpha value is -0.840. The van der Waals surface area contributed by atoms with Gasteiger partial charge in [0, 0.05) is 16.2 Å². The number of benzene rings is 2. The molecule has 0 amide bonds. The van der Waals surface area contributed by atoms with Gasteiger partial charge >= 0.3 is 0 Å². The molecule has 1 aliphatic heterocycles. The summed E-state index contributed by atoms with van der Waals surface area (Å²) in [6.07, 6.45) is 1.89. The van der Waals surface area contributed by atoms with Crippen LogP contribution in [0.2, 0.25) is 0 Å². The van der Waals surface area contributed by atoms with Gasteiger partial charge in [-0.05, 0) is 59.1 Å². The molecule has 0 radical (unpaired) electrons. The first-order valence-corrected chi connectivity index (χ1v) is 8.71. The molecule has 0 aliphatic carbocycles. The number of nitrogens with one attached hydrogen (secondary N) is 1. The normalized spacial score (nSPS) is 18.5. The summed E-state index contributed by atoms with van der Waals surface area (Å²) in [4.78, 5) is 1.38. The van der Waals surface area contributed by atoms with Gasteiger partial charge in [-0.3, -0.25) is 0 Å². The molecule has 2 aromatic rings.